The molecule has 0 radical (unpaired) electrons. The summed E-state index contributed by atoms with van der Waals surface area (Å²) in [7, 11) is -4.02. The Morgan fingerprint density at radius 3 is 2.55 bits per heavy atom. The van der Waals surface area contributed by atoms with Crippen LogP contribution in [0.3, 0.4) is 0 Å². The van der Waals surface area contributed by atoms with Crippen LogP contribution in [0.25, 0.3) is 21.8 Å². The first-order valence-electron chi connectivity index (χ1n) is 14.0. The fraction of sp³-hybridized carbons (Fsp3) is 0.433. The van der Waals surface area contributed by atoms with E-state index < -0.39 is 13.6 Å². The van der Waals surface area contributed by atoms with Gasteiger partial charge in [0, 0.05) is 23.4 Å². The molecule has 12 heteroatoms. The maximum atomic E-state index is 11.0. The van der Waals surface area contributed by atoms with Gasteiger partial charge >= 0.3 is 13.6 Å². The van der Waals surface area contributed by atoms with Crippen molar-refractivity contribution >= 4 is 41.2 Å². The van der Waals surface area contributed by atoms with E-state index in [9.17, 15) is 9.36 Å². The SMILES string of the molecule is CC1=CC(OCCOCCOCCP(=O)(O)O)=CCC1CCc1cnc2c(N)nc3cc(CCC(=O)O)ccc3c2c1. The van der Waals surface area contributed by atoms with Crippen molar-refractivity contribution in [3.8, 4) is 0 Å². The average Bonchev–Trinajstić information content (AvgIpc) is 2.94. The normalized spacial score (nSPS) is 15.5. The second-order valence-corrected chi connectivity index (χ2v) is 12.2. The number of carboxylic acids is 1. The second-order valence-electron chi connectivity index (χ2n) is 10.4. The Morgan fingerprint density at radius 2 is 1.81 bits per heavy atom. The molecule has 0 fully saturated rings. The molecule has 3 aromatic rings. The summed E-state index contributed by atoms with van der Waals surface area (Å²) < 4.78 is 27.2. The third-order valence-corrected chi connectivity index (χ3v) is 7.97. The third-order valence-electron chi connectivity index (χ3n) is 7.20. The molecule has 1 aliphatic rings. The molecule has 1 atom stereocenters. The highest BCUT2D eigenvalue weighted by atomic mass is 31.2. The van der Waals surface area contributed by atoms with E-state index in [0.717, 1.165) is 52.4 Å². The summed E-state index contributed by atoms with van der Waals surface area (Å²) in [5.74, 6) is 0.753. The minimum Gasteiger partial charge on any atom is -0.492 e. The van der Waals surface area contributed by atoms with Gasteiger partial charge in [-0.2, -0.15) is 0 Å². The van der Waals surface area contributed by atoms with Crippen molar-refractivity contribution in [3.05, 3.63) is 65.1 Å². The molecule has 226 valence electrons. The van der Waals surface area contributed by atoms with Crippen LogP contribution in [-0.2, 0) is 36.4 Å². The lowest BCUT2D eigenvalue weighted by Gasteiger charge is -2.22. The number of aliphatic carboxylic acids is 1. The fourth-order valence-corrected chi connectivity index (χ4v) is 5.26. The number of nitrogens with zero attached hydrogens (tertiary/aromatic N) is 2. The number of hydrogen-bond donors (Lipinski definition) is 4. The van der Waals surface area contributed by atoms with Gasteiger partial charge in [0.25, 0.3) is 0 Å². The number of benzene rings is 1. The number of rotatable bonds is 16. The molecule has 2 heterocycles. The fourth-order valence-electron chi connectivity index (χ4n) is 4.90. The highest BCUT2D eigenvalue weighted by molar-refractivity contribution is 7.51. The highest BCUT2D eigenvalue weighted by Crippen LogP contribution is 2.33. The molecule has 4 rings (SSSR count). The number of aryl methyl sites for hydroxylation is 2. The maximum absolute atomic E-state index is 11.0. The van der Waals surface area contributed by atoms with Crippen LogP contribution in [0.5, 0.6) is 0 Å². The van der Waals surface area contributed by atoms with Gasteiger partial charge < -0.3 is 34.8 Å². The molecule has 1 aliphatic carbocycles. The number of nitrogen functional groups attached to an aromatic ring is 1. The molecule has 11 nitrogen and oxygen atoms in total. The Morgan fingerprint density at radius 1 is 1.05 bits per heavy atom. The summed E-state index contributed by atoms with van der Waals surface area (Å²) >= 11 is 0. The van der Waals surface area contributed by atoms with E-state index in [1.54, 1.807) is 0 Å². The van der Waals surface area contributed by atoms with E-state index in [1.807, 2.05) is 24.4 Å². The van der Waals surface area contributed by atoms with Crippen LogP contribution < -0.4 is 5.73 Å². The van der Waals surface area contributed by atoms with Gasteiger partial charge in [0.2, 0.25) is 0 Å². The van der Waals surface area contributed by atoms with Crippen LogP contribution in [-0.4, -0.2) is 70.0 Å². The molecule has 5 N–H and O–H groups in total. The van der Waals surface area contributed by atoms with Crippen molar-refractivity contribution in [2.45, 2.75) is 39.0 Å². The zero-order valence-corrected chi connectivity index (χ0v) is 24.6. The number of fused-ring (bicyclic) bond motifs is 3. The van der Waals surface area contributed by atoms with Crippen LogP contribution in [0, 0.1) is 5.92 Å². The quantitative estimate of drug-likeness (QED) is 0.104. The van der Waals surface area contributed by atoms with Gasteiger partial charge in [-0.05, 0) is 73.9 Å². The lowest BCUT2D eigenvalue weighted by molar-refractivity contribution is -0.136. The van der Waals surface area contributed by atoms with Gasteiger partial charge in [0.1, 0.15) is 17.9 Å². The lowest BCUT2D eigenvalue weighted by Crippen LogP contribution is -2.12. The summed E-state index contributed by atoms with van der Waals surface area (Å²) in [6, 6.07) is 7.96. The van der Waals surface area contributed by atoms with Crippen LogP contribution in [0.1, 0.15) is 37.3 Å². The lowest BCUT2D eigenvalue weighted by atomic mass is 9.87. The number of ether oxygens (including phenoxy) is 3. The monoisotopic (exact) mass is 599 g/mol. The number of pyridine rings is 2. The standard InChI is InChI=1S/C30H38N3O8P/c1-20-16-24(41-13-12-39-10-11-40-14-15-42(36,37)38)7-6-23(20)5-2-22-17-26-25-8-3-21(4-9-28(34)35)18-27(25)33-30(31)29(26)32-19-22/h3,7-8,16-19,23H,2,4-6,9-15H2,1H3,(H2,31,33)(H,34,35)(H2,36,37,38). The zero-order valence-electron chi connectivity index (χ0n) is 23.7. The van der Waals surface area contributed by atoms with Gasteiger partial charge in [-0.3, -0.25) is 14.3 Å². The Balaban J connectivity index is 1.26. The summed E-state index contributed by atoms with van der Waals surface area (Å²) in [6.45, 7) is 3.51. The van der Waals surface area contributed by atoms with Crippen molar-refractivity contribution in [2.75, 3.05) is 44.9 Å². The van der Waals surface area contributed by atoms with E-state index >= 15 is 0 Å². The molecule has 42 heavy (non-hydrogen) atoms. The minimum absolute atomic E-state index is 0.000992. The maximum Gasteiger partial charge on any atom is 0.327 e. The highest BCUT2D eigenvalue weighted by Gasteiger charge is 2.17. The number of anilines is 1. The molecule has 1 unspecified atom stereocenters. The molecule has 2 aromatic heterocycles. The van der Waals surface area contributed by atoms with E-state index in [4.69, 9.17) is 34.8 Å². The molecule has 0 bridgehead atoms. The minimum atomic E-state index is -4.02. The van der Waals surface area contributed by atoms with Crippen LogP contribution in [0.2, 0.25) is 0 Å². The van der Waals surface area contributed by atoms with Gasteiger partial charge in [-0.1, -0.05) is 17.7 Å². The Labute approximate surface area is 244 Å². The van der Waals surface area contributed by atoms with Crippen molar-refractivity contribution in [2.24, 2.45) is 5.92 Å². The second kappa shape index (κ2) is 14.7. The van der Waals surface area contributed by atoms with Crippen molar-refractivity contribution in [3.63, 3.8) is 0 Å². The van der Waals surface area contributed by atoms with Gasteiger partial charge in [0.15, 0.2) is 5.82 Å². The predicted octanol–water partition coefficient (Wildman–Crippen LogP) is 4.39. The first kappa shape index (κ1) is 31.6. The number of nitrogens with two attached hydrogens (primary N) is 1. The summed E-state index contributed by atoms with van der Waals surface area (Å²) in [6.07, 6.45) is 8.94. The molecule has 0 aliphatic heterocycles. The Hall–Kier alpha value is -3.34. The number of aromatic nitrogens is 2. The van der Waals surface area contributed by atoms with Gasteiger partial charge in [-0.15, -0.1) is 0 Å². The van der Waals surface area contributed by atoms with Crippen LogP contribution >= 0.6 is 7.60 Å². The smallest absolute Gasteiger partial charge is 0.327 e. The number of carboxylic acid groups (broad SMARTS) is 1. The average molecular weight is 600 g/mol. The molecular weight excluding hydrogens is 561 g/mol. The van der Waals surface area contributed by atoms with E-state index in [0.29, 0.717) is 43.5 Å². The topological polar surface area (TPSA) is 174 Å². The molecule has 0 amide bonds. The number of allylic oxidation sites excluding steroid dienone is 3. The third kappa shape index (κ3) is 9.34. The molecule has 0 saturated carbocycles. The predicted molar refractivity (Wildman–Crippen MR) is 160 cm³/mol. The van der Waals surface area contributed by atoms with Crippen LogP contribution in [0.4, 0.5) is 5.82 Å². The first-order valence-corrected chi connectivity index (χ1v) is 15.8. The molecule has 0 spiro atoms. The van der Waals surface area contributed by atoms with E-state index in [1.165, 1.54) is 5.57 Å². The van der Waals surface area contributed by atoms with E-state index in [-0.39, 0.29) is 25.8 Å². The molecule has 1 aromatic carbocycles. The zero-order chi connectivity index (χ0) is 30.1. The summed E-state index contributed by atoms with van der Waals surface area (Å²) in [4.78, 5) is 37.7. The summed E-state index contributed by atoms with van der Waals surface area (Å²) in [5.41, 5.74) is 10.9. The van der Waals surface area contributed by atoms with Crippen molar-refractivity contribution in [1.82, 2.24) is 9.97 Å². The van der Waals surface area contributed by atoms with Crippen molar-refractivity contribution < 1.29 is 38.5 Å². The first-order chi connectivity index (χ1) is 20.1. The largest absolute Gasteiger partial charge is 0.492 e. The summed E-state index contributed by atoms with van der Waals surface area (Å²) in [5, 5.41) is 10.9. The molecule has 0 saturated heterocycles. The number of carbonyl (C=O) groups is 1. The van der Waals surface area contributed by atoms with Crippen molar-refractivity contribution in [1.29, 1.82) is 0 Å². The Bertz CT molecular complexity index is 1520. The van der Waals surface area contributed by atoms with Crippen LogP contribution in [0.15, 0.2) is 53.9 Å². The number of hydrogen-bond acceptors (Lipinski definition) is 8. The van der Waals surface area contributed by atoms with Gasteiger partial charge in [0.05, 0.1) is 38.1 Å². The Kier molecular flexibility index (Phi) is 11.1. The van der Waals surface area contributed by atoms with Gasteiger partial charge in [-0.25, -0.2) is 4.98 Å². The van der Waals surface area contributed by atoms with E-state index in [2.05, 4.69) is 35.1 Å². The molecular formula is C30H38N3O8P.